The number of nitrogens with zero attached hydrogens (tertiary/aromatic N) is 3. The molecule has 1 aliphatic heterocycles. The number of amides is 1. The molecule has 0 aliphatic carbocycles. The Hall–Kier alpha value is -2.22. The molecule has 3 rings (SSSR count). The molecule has 0 aromatic heterocycles. The number of sulfonamides is 1. The first-order chi connectivity index (χ1) is 13.8. The zero-order valence-electron chi connectivity index (χ0n) is 17.1. The van der Waals surface area contributed by atoms with Crippen LogP contribution in [0.15, 0.2) is 54.6 Å². The Morgan fingerprint density at radius 2 is 1.55 bits per heavy atom. The van der Waals surface area contributed by atoms with E-state index in [0.29, 0.717) is 13.1 Å². The highest BCUT2D eigenvalue weighted by Crippen LogP contribution is 2.12. The highest BCUT2D eigenvalue weighted by molar-refractivity contribution is 7.88. The summed E-state index contributed by atoms with van der Waals surface area (Å²) >= 11 is 0. The van der Waals surface area contributed by atoms with Gasteiger partial charge in [0.15, 0.2) is 0 Å². The summed E-state index contributed by atoms with van der Waals surface area (Å²) in [6, 6.07) is 18.0. The van der Waals surface area contributed by atoms with Crippen molar-refractivity contribution in [2.24, 2.45) is 0 Å². The van der Waals surface area contributed by atoms with Gasteiger partial charge in [0.25, 0.3) is 0 Å². The second-order valence-electron chi connectivity index (χ2n) is 7.66. The van der Waals surface area contributed by atoms with Crippen molar-refractivity contribution in [2.75, 3.05) is 39.0 Å². The third-order valence-corrected chi connectivity index (χ3v) is 6.43. The molecule has 0 N–H and O–H groups in total. The highest BCUT2D eigenvalue weighted by atomic mass is 32.2. The number of carbonyl (C=O) groups excluding carboxylic acids is 1. The molecule has 6 nitrogen and oxygen atoms in total. The standard InChI is InChI=1S/C22H29N3O3S/c1-19-8-10-21(11-9-19)17-25(29(2,27)28)18-22(26)24-14-12-23(13-15-24)16-20-6-4-3-5-7-20/h3-11H,12-18H2,1-2H3. The van der Waals surface area contributed by atoms with Crippen LogP contribution < -0.4 is 0 Å². The molecule has 0 radical (unpaired) electrons. The third-order valence-electron chi connectivity index (χ3n) is 5.23. The Morgan fingerprint density at radius 1 is 0.931 bits per heavy atom. The fraction of sp³-hybridized carbons (Fsp3) is 0.409. The van der Waals surface area contributed by atoms with Crippen LogP contribution in [-0.2, 0) is 27.9 Å². The summed E-state index contributed by atoms with van der Waals surface area (Å²) in [5.41, 5.74) is 3.25. The molecule has 1 amide bonds. The van der Waals surface area contributed by atoms with Crippen LogP contribution in [0, 0.1) is 6.92 Å². The topological polar surface area (TPSA) is 60.9 Å². The smallest absolute Gasteiger partial charge is 0.237 e. The van der Waals surface area contributed by atoms with Crippen molar-refractivity contribution < 1.29 is 13.2 Å². The molecule has 2 aromatic rings. The Kier molecular flexibility index (Phi) is 7.05. The van der Waals surface area contributed by atoms with Gasteiger partial charge in [-0.05, 0) is 18.1 Å². The summed E-state index contributed by atoms with van der Waals surface area (Å²) in [6.45, 7) is 5.76. The molecule has 2 aromatic carbocycles. The molecule has 7 heteroatoms. The van der Waals surface area contributed by atoms with Crippen LogP contribution in [0.3, 0.4) is 0 Å². The summed E-state index contributed by atoms with van der Waals surface area (Å²) in [7, 11) is -3.48. The second-order valence-corrected chi connectivity index (χ2v) is 9.64. The zero-order valence-corrected chi connectivity index (χ0v) is 17.9. The fourth-order valence-electron chi connectivity index (χ4n) is 3.44. The van der Waals surface area contributed by atoms with E-state index in [1.165, 1.54) is 9.87 Å². The largest absolute Gasteiger partial charge is 0.339 e. The number of hydrogen-bond donors (Lipinski definition) is 0. The Morgan fingerprint density at radius 3 is 2.14 bits per heavy atom. The van der Waals surface area contributed by atoms with Crippen molar-refractivity contribution in [2.45, 2.75) is 20.0 Å². The first-order valence-electron chi connectivity index (χ1n) is 9.86. The number of rotatable bonds is 7. The van der Waals surface area contributed by atoms with E-state index in [9.17, 15) is 13.2 Å². The SMILES string of the molecule is Cc1ccc(CN(CC(=O)N2CCN(Cc3ccccc3)CC2)S(C)(=O)=O)cc1. The van der Waals surface area contributed by atoms with Gasteiger partial charge in [-0.25, -0.2) is 8.42 Å². The molecule has 0 saturated carbocycles. The molecule has 29 heavy (non-hydrogen) atoms. The van der Waals surface area contributed by atoms with Crippen LogP contribution in [0.25, 0.3) is 0 Å². The monoisotopic (exact) mass is 415 g/mol. The number of piperazine rings is 1. The Balaban J connectivity index is 1.55. The predicted molar refractivity (Wildman–Crippen MR) is 115 cm³/mol. The van der Waals surface area contributed by atoms with Crippen LogP contribution in [0.4, 0.5) is 0 Å². The summed E-state index contributed by atoms with van der Waals surface area (Å²) in [5.74, 6) is -0.137. The lowest BCUT2D eigenvalue weighted by atomic mass is 10.1. The van der Waals surface area contributed by atoms with Gasteiger partial charge in [-0.1, -0.05) is 60.2 Å². The van der Waals surface area contributed by atoms with Crippen LogP contribution in [0.2, 0.25) is 0 Å². The van der Waals surface area contributed by atoms with Crippen LogP contribution in [0.5, 0.6) is 0 Å². The first-order valence-corrected chi connectivity index (χ1v) is 11.7. The van der Waals surface area contributed by atoms with Crippen LogP contribution >= 0.6 is 0 Å². The normalized spacial score (nSPS) is 15.6. The number of carbonyl (C=O) groups is 1. The maximum Gasteiger partial charge on any atom is 0.237 e. The lowest BCUT2D eigenvalue weighted by Gasteiger charge is -2.35. The lowest BCUT2D eigenvalue weighted by molar-refractivity contribution is -0.133. The molecular weight excluding hydrogens is 386 g/mol. The molecule has 1 heterocycles. The minimum atomic E-state index is -3.48. The van der Waals surface area contributed by atoms with Gasteiger partial charge in [-0.2, -0.15) is 4.31 Å². The van der Waals surface area contributed by atoms with E-state index in [1.807, 2.05) is 49.4 Å². The van der Waals surface area contributed by atoms with Crippen molar-refractivity contribution in [3.8, 4) is 0 Å². The van der Waals surface area contributed by atoms with E-state index in [1.54, 1.807) is 4.90 Å². The number of aryl methyl sites for hydroxylation is 1. The maximum atomic E-state index is 12.8. The molecule has 0 bridgehead atoms. The van der Waals surface area contributed by atoms with Crippen molar-refractivity contribution in [3.63, 3.8) is 0 Å². The van der Waals surface area contributed by atoms with Crippen molar-refractivity contribution >= 4 is 15.9 Å². The van der Waals surface area contributed by atoms with Crippen molar-refractivity contribution in [1.29, 1.82) is 0 Å². The molecule has 0 unspecified atom stereocenters. The van der Waals surface area contributed by atoms with Gasteiger partial charge >= 0.3 is 0 Å². The molecule has 156 valence electrons. The summed E-state index contributed by atoms with van der Waals surface area (Å²) in [5, 5.41) is 0. The Labute approximate surface area is 173 Å². The van der Waals surface area contributed by atoms with Crippen LogP contribution in [-0.4, -0.2) is 67.4 Å². The molecular formula is C22H29N3O3S. The van der Waals surface area contributed by atoms with Gasteiger partial charge < -0.3 is 4.90 Å². The van der Waals surface area contributed by atoms with E-state index in [-0.39, 0.29) is 19.0 Å². The highest BCUT2D eigenvalue weighted by Gasteiger charge is 2.26. The van der Waals surface area contributed by atoms with E-state index < -0.39 is 10.0 Å². The fourth-order valence-corrected chi connectivity index (χ4v) is 4.16. The second kappa shape index (κ2) is 9.52. The van der Waals surface area contributed by atoms with Gasteiger partial charge in [-0.3, -0.25) is 9.69 Å². The minimum absolute atomic E-state index is 0.120. The first kappa shape index (κ1) is 21.5. The van der Waals surface area contributed by atoms with Crippen LogP contribution in [0.1, 0.15) is 16.7 Å². The van der Waals surface area contributed by atoms with Gasteiger partial charge in [-0.15, -0.1) is 0 Å². The number of hydrogen-bond acceptors (Lipinski definition) is 4. The number of benzene rings is 2. The van der Waals surface area contributed by atoms with Crippen molar-refractivity contribution in [3.05, 3.63) is 71.3 Å². The minimum Gasteiger partial charge on any atom is -0.339 e. The van der Waals surface area contributed by atoms with E-state index in [0.717, 1.165) is 37.0 Å². The molecule has 1 saturated heterocycles. The van der Waals surface area contributed by atoms with Gasteiger partial charge in [0.1, 0.15) is 0 Å². The van der Waals surface area contributed by atoms with E-state index in [2.05, 4.69) is 17.0 Å². The van der Waals surface area contributed by atoms with E-state index >= 15 is 0 Å². The van der Waals surface area contributed by atoms with Crippen molar-refractivity contribution in [1.82, 2.24) is 14.1 Å². The predicted octanol–water partition coefficient (Wildman–Crippen LogP) is 2.10. The molecule has 0 atom stereocenters. The van der Waals surface area contributed by atoms with Gasteiger partial charge in [0, 0.05) is 39.3 Å². The zero-order chi connectivity index (χ0) is 20.9. The van der Waals surface area contributed by atoms with Gasteiger partial charge in [0.2, 0.25) is 15.9 Å². The average Bonchev–Trinajstić information content (AvgIpc) is 2.69. The maximum absolute atomic E-state index is 12.8. The average molecular weight is 416 g/mol. The molecule has 1 fully saturated rings. The van der Waals surface area contributed by atoms with E-state index in [4.69, 9.17) is 0 Å². The summed E-state index contributed by atoms with van der Waals surface area (Å²) in [6.07, 6.45) is 1.16. The summed E-state index contributed by atoms with van der Waals surface area (Å²) in [4.78, 5) is 16.9. The molecule has 0 spiro atoms. The summed E-state index contributed by atoms with van der Waals surface area (Å²) < 4.78 is 25.7. The van der Waals surface area contributed by atoms with Gasteiger partial charge in [0.05, 0.1) is 12.8 Å². The Bertz CT molecular complexity index is 906. The molecule has 1 aliphatic rings. The quantitative estimate of drug-likeness (QED) is 0.695. The third kappa shape index (κ3) is 6.39. The lowest BCUT2D eigenvalue weighted by Crippen LogP contribution is -2.51.